The lowest BCUT2D eigenvalue weighted by atomic mass is 10.2. The van der Waals surface area contributed by atoms with Gasteiger partial charge in [-0.05, 0) is 39.0 Å². The molecule has 0 amide bonds. The maximum absolute atomic E-state index is 11.4. The van der Waals surface area contributed by atoms with Crippen LogP contribution in [0.1, 0.15) is 31.1 Å². The van der Waals surface area contributed by atoms with Crippen molar-refractivity contribution in [1.29, 1.82) is 0 Å². The second kappa shape index (κ2) is 5.39. The van der Waals surface area contributed by atoms with Gasteiger partial charge in [0.15, 0.2) is 11.5 Å². The number of carbonyl (C=O) groups excluding carboxylic acids is 1. The Bertz CT molecular complexity index is 371. The molecule has 0 radical (unpaired) electrons. The highest BCUT2D eigenvalue weighted by Gasteiger charge is 2.11. The Labute approximate surface area is 94.8 Å². The van der Waals surface area contributed by atoms with E-state index in [-0.39, 0.29) is 11.9 Å². The van der Waals surface area contributed by atoms with Crippen molar-refractivity contribution < 1.29 is 19.4 Å². The smallest absolute Gasteiger partial charge is 0.338 e. The molecule has 0 heterocycles. The second-order valence-electron chi connectivity index (χ2n) is 3.57. The van der Waals surface area contributed by atoms with Gasteiger partial charge < -0.3 is 14.6 Å². The number of hydrogen-bond acceptors (Lipinski definition) is 4. The summed E-state index contributed by atoms with van der Waals surface area (Å²) in [4.78, 5) is 11.4. The van der Waals surface area contributed by atoms with Crippen molar-refractivity contribution in [3.8, 4) is 11.5 Å². The number of phenols is 1. The topological polar surface area (TPSA) is 55.8 Å². The van der Waals surface area contributed by atoms with Crippen LogP contribution >= 0.6 is 0 Å². The molecule has 0 spiro atoms. The van der Waals surface area contributed by atoms with Gasteiger partial charge in [-0.2, -0.15) is 0 Å². The third kappa shape index (κ3) is 3.15. The van der Waals surface area contributed by atoms with Gasteiger partial charge in [-0.25, -0.2) is 4.79 Å². The third-order valence-electron chi connectivity index (χ3n) is 1.83. The van der Waals surface area contributed by atoms with Gasteiger partial charge in [-0.1, -0.05) is 0 Å². The van der Waals surface area contributed by atoms with E-state index >= 15 is 0 Å². The number of benzene rings is 1. The number of hydrogen-bond donors (Lipinski definition) is 1. The van der Waals surface area contributed by atoms with Crippen LogP contribution in [0.2, 0.25) is 0 Å². The SMILES string of the molecule is CCOC(=O)c1ccc(OC(C)C)c(O)c1. The molecule has 4 heteroatoms. The zero-order chi connectivity index (χ0) is 12.1. The second-order valence-corrected chi connectivity index (χ2v) is 3.57. The molecule has 0 saturated carbocycles. The van der Waals surface area contributed by atoms with Crippen molar-refractivity contribution >= 4 is 5.97 Å². The van der Waals surface area contributed by atoms with Crippen LogP contribution in [0.4, 0.5) is 0 Å². The molecule has 0 bridgehead atoms. The van der Waals surface area contributed by atoms with Crippen LogP contribution in [-0.4, -0.2) is 23.8 Å². The standard InChI is InChI=1S/C12H16O4/c1-4-15-12(14)9-5-6-11(10(13)7-9)16-8(2)3/h5-8,13H,4H2,1-3H3. The van der Waals surface area contributed by atoms with E-state index < -0.39 is 5.97 Å². The van der Waals surface area contributed by atoms with Crippen molar-refractivity contribution in [2.75, 3.05) is 6.61 Å². The van der Waals surface area contributed by atoms with Crippen LogP contribution in [0, 0.1) is 0 Å². The maximum Gasteiger partial charge on any atom is 0.338 e. The molecule has 0 aliphatic carbocycles. The minimum atomic E-state index is -0.450. The zero-order valence-electron chi connectivity index (χ0n) is 9.69. The lowest BCUT2D eigenvalue weighted by Gasteiger charge is -2.11. The minimum absolute atomic E-state index is 0.0284. The van der Waals surface area contributed by atoms with Crippen molar-refractivity contribution in [3.05, 3.63) is 23.8 Å². The third-order valence-corrected chi connectivity index (χ3v) is 1.83. The zero-order valence-corrected chi connectivity index (χ0v) is 9.69. The van der Waals surface area contributed by atoms with Gasteiger partial charge in [0.2, 0.25) is 0 Å². The normalized spacial score (nSPS) is 10.2. The number of ether oxygens (including phenoxy) is 2. The van der Waals surface area contributed by atoms with E-state index in [0.717, 1.165) is 0 Å². The summed E-state index contributed by atoms with van der Waals surface area (Å²) in [7, 11) is 0. The van der Waals surface area contributed by atoms with E-state index in [9.17, 15) is 9.90 Å². The van der Waals surface area contributed by atoms with Gasteiger partial charge in [0.05, 0.1) is 18.3 Å². The fraction of sp³-hybridized carbons (Fsp3) is 0.417. The number of aromatic hydroxyl groups is 1. The molecule has 88 valence electrons. The maximum atomic E-state index is 11.4. The van der Waals surface area contributed by atoms with Crippen LogP contribution < -0.4 is 4.74 Å². The van der Waals surface area contributed by atoms with Crippen LogP contribution in [0.25, 0.3) is 0 Å². The summed E-state index contributed by atoms with van der Waals surface area (Å²) in [5, 5.41) is 9.62. The van der Waals surface area contributed by atoms with E-state index in [1.54, 1.807) is 19.1 Å². The van der Waals surface area contributed by atoms with E-state index in [1.165, 1.54) is 6.07 Å². The first kappa shape index (κ1) is 12.4. The number of esters is 1. The van der Waals surface area contributed by atoms with Crippen molar-refractivity contribution in [2.24, 2.45) is 0 Å². The first-order chi connectivity index (χ1) is 7.54. The lowest BCUT2D eigenvalue weighted by molar-refractivity contribution is 0.0526. The summed E-state index contributed by atoms with van der Waals surface area (Å²) in [6.45, 7) is 5.76. The summed E-state index contributed by atoms with van der Waals surface area (Å²) in [5.74, 6) is -0.142. The van der Waals surface area contributed by atoms with Crippen LogP contribution in [-0.2, 0) is 4.74 Å². The van der Waals surface area contributed by atoms with Crippen LogP contribution in [0.5, 0.6) is 11.5 Å². The Hall–Kier alpha value is -1.71. The monoisotopic (exact) mass is 224 g/mol. The molecule has 0 aliphatic heterocycles. The largest absolute Gasteiger partial charge is 0.504 e. The highest BCUT2D eigenvalue weighted by atomic mass is 16.5. The van der Waals surface area contributed by atoms with Gasteiger partial charge in [0.25, 0.3) is 0 Å². The quantitative estimate of drug-likeness (QED) is 0.797. The molecule has 1 rings (SSSR count). The van der Waals surface area contributed by atoms with Crippen molar-refractivity contribution in [3.63, 3.8) is 0 Å². The lowest BCUT2D eigenvalue weighted by Crippen LogP contribution is -2.07. The molecular formula is C12H16O4. The number of phenolic OH excluding ortho intramolecular Hbond substituents is 1. The van der Waals surface area contributed by atoms with E-state index in [4.69, 9.17) is 9.47 Å². The fourth-order valence-electron chi connectivity index (χ4n) is 1.21. The molecule has 1 N–H and O–H groups in total. The predicted molar refractivity (Wildman–Crippen MR) is 59.8 cm³/mol. The first-order valence-electron chi connectivity index (χ1n) is 5.21. The molecule has 4 nitrogen and oxygen atoms in total. The molecule has 0 aliphatic rings. The van der Waals surface area contributed by atoms with Gasteiger partial charge in [-0.15, -0.1) is 0 Å². The first-order valence-corrected chi connectivity index (χ1v) is 5.21. The van der Waals surface area contributed by atoms with Gasteiger partial charge in [0.1, 0.15) is 0 Å². The fourth-order valence-corrected chi connectivity index (χ4v) is 1.21. The average Bonchev–Trinajstić information content (AvgIpc) is 2.20. The molecule has 0 atom stereocenters. The number of carbonyl (C=O) groups is 1. The van der Waals surface area contributed by atoms with Gasteiger partial charge >= 0.3 is 5.97 Å². The predicted octanol–water partition coefficient (Wildman–Crippen LogP) is 2.36. The Morgan fingerprint density at radius 3 is 2.62 bits per heavy atom. The van der Waals surface area contributed by atoms with E-state index in [0.29, 0.717) is 17.9 Å². The van der Waals surface area contributed by atoms with Crippen LogP contribution in [0.3, 0.4) is 0 Å². The summed E-state index contributed by atoms with van der Waals surface area (Å²) < 4.78 is 10.2. The Kier molecular flexibility index (Phi) is 4.17. The summed E-state index contributed by atoms with van der Waals surface area (Å²) in [5.41, 5.74) is 0.315. The summed E-state index contributed by atoms with van der Waals surface area (Å²) in [6.07, 6.45) is -0.0284. The summed E-state index contributed by atoms with van der Waals surface area (Å²) >= 11 is 0. The van der Waals surface area contributed by atoms with Crippen molar-refractivity contribution in [2.45, 2.75) is 26.9 Å². The molecule has 16 heavy (non-hydrogen) atoms. The molecule has 1 aromatic carbocycles. The van der Waals surface area contributed by atoms with Crippen LogP contribution in [0.15, 0.2) is 18.2 Å². The summed E-state index contributed by atoms with van der Waals surface area (Å²) in [6, 6.07) is 4.46. The molecule has 1 aromatic rings. The average molecular weight is 224 g/mol. The number of rotatable bonds is 4. The minimum Gasteiger partial charge on any atom is -0.504 e. The molecule has 0 saturated heterocycles. The van der Waals surface area contributed by atoms with Gasteiger partial charge in [0, 0.05) is 0 Å². The highest BCUT2D eigenvalue weighted by Crippen LogP contribution is 2.27. The molecule has 0 fully saturated rings. The molecular weight excluding hydrogens is 208 g/mol. The highest BCUT2D eigenvalue weighted by molar-refractivity contribution is 5.90. The van der Waals surface area contributed by atoms with Gasteiger partial charge in [-0.3, -0.25) is 0 Å². The Morgan fingerprint density at radius 1 is 1.44 bits per heavy atom. The Morgan fingerprint density at radius 2 is 2.12 bits per heavy atom. The Balaban J connectivity index is 2.86. The van der Waals surface area contributed by atoms with E-state index in [2.05, 4.69) is 0 Å². The van der Waals surface area contributed by atoms with E-state index in [1.807, 2.05) is 13.8 Å². The molecule has 0 aromatic heterocycles. The van der Waals surface area contributed by atoms with Crippen molar-refractivity contribution in [1.82, 2.24) is 0 Å². The molecule has 0 unspecified atom stereocenters.